The zero-order chi connectivity index (χ0) is 13.2. The van der Waals surface area contributed by atoms with Crippen LogP contribution in [0.3, 0.4) is 0 Å². The molecule has 0 saturated carbocycles. The van der Waals surface area contributed by atoms with Crippen molar-refractivity contribution < 1.29 is 4.79 Å². The summed E-state index contributed by atoms with van der Waals surface area (Å²) in [5.74, 6) is 0.984. The smallest absolute Gasteiger partial charge is 0.234 e. The maximum absolute atomic E-state index is 11.7. The number of piperidine rings is 1. The summed E-state index contributed by atoms with van der Waals surface area (Å²) in [6.45, 7) is 10.0. The zero-order valence-corrected chi connectivity index (χ0v) is 12.0. The van der Waals surface area contributed by atoms with Crippen molar-refractivity contribution in [3.05, 3.63) is 0 Å². The van der Waals surface area contributed by atoms with E-state index in [4.69, 9.17) is 0 Å². The van der Waals surface area contributed by atoms with Crippen molar-refractivity contribution in [1.82, 2.24) is 15.5 Å². The molecule has 1 rings (SSSR count). The fraction of sp³-hybridized carbons (Fsp3) is 0.929. The molecule has 0 aromatic heterocycles. The molecule has 0 aliphatic carbocycles. The molecule has 0 radical (unpaired) electrons. The van der Waals surface area contributed by atoms with Crippen LogP contribution in [0.5, 0.6) is 0 Å². The molecule has 0 atom stereocenters. The number of unbranched alkanes of at least 4 members (excludes halogenated alkanes) is 1. The summed E-state index contributed by atoms with van der Waals surface area (Å²) in [7, 11) is 0. The maximum Gasteiger partial charge on any atom is 0.234 e. The van der Waals surface area contributed by atoms with Gasteiger partial charge in [-0.25, -0.2) is 0 Å². The Hall–Kier alpha value is -0.610. The summed E-state index contributed by atoms with van der Waals surface area (Å²) in [6.07, 6.45) is 4.65. The lowest BCUT2D eigenvalue weighted by Gasteiger charge is -2.31. The molecule has 0 unspecified atom stereocenters. The number of carbonyl (C=O) groups is 1. The lowest BCUT2D eigenvalue weighted by atomic mass is 9.97. The van der Waals surface area contributed by atoms with Gasteiger partial charge in [-0.05, 0) is 51.4 Å². The van der Waals surface area contributed by atoms with E-state index in [2.05, 4.69) is 29.4 Å². The van der Waals surface area contributed by atoms with E-state index >= 15 is 0 Å². The average Bonchev–Trinajstić information content (AvgIpc) is 2.38. The molecule has 1 saturated heterocycles. The number of carbonyl (C=O) groups excluding carboxylic acids is 1. The predicted molar refractivity (Wildman–Crippen MR) is 75.6 cm³/mol. The minimum absolute atomic E-state index is 0.189. The lowest BCUT2D eigenvalue weighted by molar-refractivity contribution is -0.122. The molecule has 2 N–H and O–H groups in total. The highest BCUT2D eigenvalue weighted by Crippen LogP contribution is 2.15. The van der Waals surface area contributed by atoms with E-state index in [9.17, 15) is 4.79 Å². The van der Waals surface area contributed by atoms with E-state index in [1.165, 1.54) is 12.8 Å². The quantitative estimate of drug-likeness (QED) is 0.641. The van der Waals surface area contributed by atoms with Crippen molar-refractivity contribution in [3.63, 3.8) is 0 Å². The third-order valence-corrected chi connectivity index (χ3v) is 3.61. The van der Waals surface area contributed by atoms with Crippen LogP contribution in [0, 0.1) is 5.92 Å². The van der Waals surface area contributed by atoms with E-state index in [0.717, 1.165) is 51.5 Å². The summed E-state index contributed by atoms with van der Waals surface area (Å²) in [5, 5.41) is 6.39. The van der Waals surface area contributed by atoms with Crippen LogP contribution in [-0.4, -0.2) is 50.1 Å². The molecule has 18 heavy (non-hydrogen) atoms. The van der Waals surface area contributed by atoms with Gasteiger partial charge in [0.25, 0.3) is 0 Å². The van der Waals surface area contributed by atoms with E-state index < -0.39 is 0 Å². The van der Waals surface area contributed by atoms with Gasteiger partial charge in [-0.1, -0.05) is 20.3 Å². The molecule has 1 aliphatic heterocycles. The fourth-order valence-electron chi connectivity index (χ4n) is 2.36. The van der Waals surface area contributed by atoms with Crippen molar-refractivity contribution in [3.8, 4) is 0 Å². The normalized spacial score (nSPS) is 17.9. The zero-order valence-electron chi connectivity index (χ0n) is 12.0. The molecular formula is C14H29N3O. The van der Waals surface area contributed by atoms with Gasteiger partial charge in [0.05, 0.1) is 6.54 Å². The highest BCUT2D eigenvalue weighted by atomic mass is 16.2. The molecule has 106 valence electrons. The summed E-state index contributed by atoms with van der Waals surface area (Å²) in [4.78, 5) is 14.0. The van der Waals surface area contributed by atoms with E-state index in [1.54, 1.807) is 0 Å². The summed E-state index contributed by atoms with van der Waals surface area (Å²) >= 11 is 0. The summed E-state index contributed by atoms with van der Waals surface area (Å²) < 4.78 is 0. The molecule has 0 aromatic rings. The van der Waals surface area contributed by atoms with Crippen LogP contribution in [0.4, 0.5) is 0 Å². The number of nitrogens with one attached hydrogen (secondary N) is 2. The molecule has 4 heteroatoms. The Bertz CT molecular complexity index is 225. The van der Waals surface area contributed by atoms with Gasteiger partial charge in [0.15, 0.2) is 0 Å². The molecule has 1 heterocycles. The van der Waals surface area contributed by atoms with Gasteiger partial charge in [-0.3, -0.25) is 9.69 Å². The van der Waals surface area contributed by atoms with Crippen LogP contribution >= 0.6 is 0 Å². The predicted octanol–water partition coefficient (Wildman–Crippen LogP) is 1.22. The summed E-state index contributed by atoms with van der Waals surface area (Å²) in [5.41, 5.74) is 0. The first kappa shape index (κ1) is 15.4. The number of nitrogens with zero attached hydrogens (tertiary/aromatic N) is 1. The first-order valence-corrected chi connectivity index (χ1v) is 7.46. The van der Waals surface area contributed by atoms with Crippen LogP contribution in [-0.2, 0) is 4.79 Å². The molecule has 1 aliphatic rings. The topological polar surface area (TPSA) is 44.4 Å². The van der Waals surface area contributed by atoms with Crippen LogP contribution in [0.2, 0.25) is 0 Å². The molecule has 0 bridgehead atoms. The third kappa shape index (κ3) is 6.36. The van der Waals surface area contributed by atoms with E-state index in [1.807, 2.05) is 0 Å². The standard InChI is InChI=1S/C14H29N3O/c1-3-5-8-16-14(18)12-17-9-6-13(7-10-17)11-15-4-2/h13,15H,3-12H2,1-2H3,(H,16,18). The first-order valence-electron chi connectivity index (χ1n) is 7.46. The van der Waals surface area contributed by atoms with Crippen molar-refractivity contribution >= 4 is 5.91 Å². The highest BCUT2D eigenvalue weighted by Gasteiger charge is 2.20. The fourth-order valence-corrected chi connectivity index (χ4v) is 2.36. The Morgan fingerprint density at radius 1 is 1.28 bits per heavy atom. The number of amides is 1. The second kappa shape index (κ2) is 9.34. The number of hydrogen-bond acceptors (Lipinski definition) is 3. The maximum atomic E-state index is 11.7. The number of hydrogen-bond donors (Lipinski definition) is 2. The molecule has 4 nitrogen and oxygen atoms in total. The van der Waals surface area contributed by atoms with Gasteiger partial charge in [0.2, 0.25) is 5.91 Å². The van der Waals surface area contributed by atoms with Crippen molar-refractivity contribution in [2.45, 2.75) is 39.5 Å². The third-order valence-electron chi connectivity index (χ3n) is 3.61. The monoisotopic (exact) mass is 255 g/mol. The molecule has 0 aromatic carbocycles. The Kier molecular flexibility index (Phi) is 8.01. The van der Waals surface area contributed by atoms with Gasteiger partial charge in [0, 0.05) is 6.54 Å². The Labute approximate surface area is 111 Å². The van der Waals surface area contributed by atoms with E-state index in [-0.39, 0.29) is 5.91 Å². The molecule has 1 amide bonds. The first-order chi connectivity index (χ1) is 8.76. The van der Waals surface area contributed by atoms with Gasteiger partial charge in [-0.2, -0.15) is 0 Å². The lowest BCUT2D eigenvalue weighted by Crippen LogP contribution is -2.43. The van der Waals surface area contributed by atoms with Gasteiger partial charge in [-0.15, -0.1) is 0 Å². The highest BCUT2D eigenvalue weighted by molar-refractivity contribution is 5.77. The van der Waals surface area contributed by atoms with Crippen LogP contribution in [0.25, 0.3) is 0 Å². The largest absolute Gasteiger partial charge is 0.355 e. The van der Waals surface area contributed by atoms with Crippen LogP contribution in [0.1, 0.15) is 39.5 Å². The summed E-state index contributed by atoms with van der Waals surface area (Å²) in [6, 6.07) is 0. The van der Waals surface area contributed by atoms with Gasteiger partial charge >= 0.3 is 0 Å². The van der Waals surface area contributed by atoms with Gasteiger partial charge in [0.1, 0.15) is 0 Å². The average molecular weight is 255 g/mol. The van der Waals surface area contributed by atoms with Crippen molar-refractivity contribution in [1.29, 1.82) is 0 Å². The molecular weight excluding hydrogens is 226 g/mol. The minimum Gasteiger partial charge on any atom is -0.355 e. The van der Waals surface area contributed by atoms with E-state index in [0.29, 0.717) is 6.54 Å². The molecule has 1 fully saturated rings. The van der Waals surface area contributed by atoms with Crippen LogP contribution in [0.15, 0.2) is 0 Å². The second-order valence-corrected chi connectivity index (χ2v) is 5.23. The second-order valence-electron chi connectivity index (χ2n) is 5.23. The Morgan fingerprint density at radius 2 is 2.00 bits per heavy atom. The van der Waals surface area contributed by atoms with Crippen LogP contribution < -0.4 is 10.6 Å². The van der Waals surface area contributed by atoms with Crippen molar-refractivity contribution in [2.24, 2.45) is 5.92 Å². The van der Waals surface area contributed by atoms with Crippen molar-refractivity contribution in [2.75, 3.05) is 39.3 Å². The Morgan fingerprint density at radius 3 is 2.61 bits per heavy atom. The number of rotatable bonds is 8. The minimum atomic E-state index is 0.189. The number of likely N-dealkylation sites (tertiary alicyclic amines) is 1. The van der Waals surface area contributed by atoms with Gasteiger partial charge < -0.3 is 10.6 Å². The molecule has 0 spiro atoms. The SMILES string of the molecule is CCCCNC(=O)CN1CCC(CNCC)CC1. The Balaban J connectivity index is 2.09.